The van der Waals surface area contributed by atoms with Crippen molar-refractivity contribution >= 4 is 5.78 Å². The van der Waals surface area contributed by atoms with Crippen molar-refractivity contribution in [3.05, 3.63) is 123 Å². The third-order valence-corrected chi connectivity index (χ3v) is 8.06. The maximum absolute atomic E-state index is 13.1. The van der Waals surface area contributed by atoms with E-state index < -0.39 is 0 Å². The summed E-state index contributed by atoms with van der Waals surface area (Å²) >= 11 is 0. The Morgan fingerprint density at radius 2 is 0.953 bits per heavy atom. The number of ether oxygens (including phenoxy) is 2. The zero-order chi connectivity index (χ0) is 31.9. The van der Waals surface area contributed by atoms with Gasteiger partial charge in [0.25, 0.3) is 0 Å². The molecular weight excluding hydrogens is 528 g/mol. The van der Waals surface area contributed by atoms with E-state index in [2.05, 4.69) is 86.6 Å². The number of ketones is 1. The predicted octanol–water partition coefficient (Wildman–Crippen LogP) is 10.7. The number of carbonyl (C=O) groups is 1. The van der Waals surface area contributed by atoms with Crippen LogP contribution >= 0.6 is 0 Å². The number of hydrogen-bond acceptors (Lipinski definition) is 3. The van der Waals surface area contributed by atoms with Crippen molar-refractivity contribution in [2.75, 3.05) is 0 Å². The first-order valence-electron chi connectivity index (χ1n) is 15.2. The first-order valence-corrected chi connectivity index (χ1v) is 15.2. The Balaban J connectivity index is 1.53. The van der Waals surface area contributed by atoms with Gasteiger partial charge in [-0.2, -0.15) is 0 Å². The number of rotatable bonds is 7. The summed E-state index contributed by atoms with van der Waals surface area (Å²) in [6.07, 6.45) is 0. The van der Waals surface area contributed by atoms with Crippen molar-refractivity contribution in [1.29, 1.82) is 0 Å². The van der Waals surface area contributed by atoms with Gasteiger partial charge in [0.1, 0.15) is 22.8 Å². The lowest BCUT2D eigenvalue weighted by Crippen LogP contribution is -2.22. The molecule has 0 aliphatic carbocycles. The first-order chi connectivity index (χ1) is 19.9. The Morgan fingerprint density at radius 1 is 0.558 bits per heavy atom. The Morgan fingerprint density at radius 3 is 1.35 bits per heavy atom. The van der Waals surface area contributed by atoms with Crippen molar-refractivity contribution in [2.24, 2.45) is 0 Å². The fraction of sp³-hybridized carbons (Fsp3) is 0.375. The molecule has 0 saturated heterocycles. The highest BCUT2D eigenvalue weighted by molar-refractivity contribution is 6.09. The summed E-state index contributed by atoms with van der Waals surface area (Å²) in [6, 6.07) is 23.9. The van der Waals surface area contributed by atoms with E-state index in [4.69, 9.17) is 9.47 Å². The molecule has 0 saturated carbocycles. The van der Waals surface area contributed by atoms with Crippen LogP contribution in [0.3, 0.4) is 0 Å². The highest BCUT2D eigenvalue weighted by atomic mass is 16.5. The lowest BCUT2D eigenvalue weighted by Gasteiger charge is -2.31. The van der Waals surface area contributed by atoms with E-state index in [9.17, 15) is 4.79 Å². The van der Waals surface area contributed by atoms with Crippen LogP contribution in [-0.2, 0) is 10.8 Å². The molecule has 0 aliphatic rings. The molecule has 4 aromatic rings. The van der Waals surface area contributed by atoms with Crippen LogP contribution in [0, 0.1) is 27.7 Å². The number of benzene rings is 4. The van der Waals surface area contributed by atoms with Gasteiger partial charge >= 0.3 is 0 Å². The number of hydrogen-bond donors (Lipinski definition) is 0. The SMILES string of the molecule is Cc1cc(C(C)(C)c2cc(C)c(C(C)(C)C)c(C)c2)cc(C)c1Oc1ccc(C(=O)c2ccc(OC(C)(C)C)cc2)cc1. The summed E-state index contributed by atoms with van der Waals surface area (Å²) in [5.74, 6) is 2.27. The minimum atomic E-state index is -0.286. The normalized spacial score (nSPS) is 12.3. The van der Waals surface area contributed by atoms with Gasteiger partial charge in [-0.15, -0.1) is 0 Å². The van der Waals surface area contributed by atoms with E-state index in [0.717, 1.165) is 22.6 Å². The molecule has 0 bridgehead atoms. The summed E-state index contributed by atoms with van der Waals surface area (Å²) in [5, 5.41) is 0. The van der Waals surface area contributed by atoms with Crippen molar-refractivity contribution in [3.8, 4) is 17.2 Å². The van der Waals surface area contributed by atoms with E-state index in [1.165, 1.54) is 27.8 Å². The van der Waals surface area contributed by atoms with Gasteiger partial charge in [0.05, 0.1) is 0 Å². The monoisotopic (exact) mass is 576 g/mol. The van der Waals surface area contributed by atoms with Gasteiger partial charge in [0.15, 0.2) is 5.78 Å². The summed E-state index contributed by atoms with van der Waals surface area (Å²) in [7, 11) is 0. The molecule has 0 aromatic heterocycles. The molecule has 0 spiro atoms. The zero-order valence-electron chi connectivity index (χ0n) is 28.2. The third-order valence-electron chi connectivity index (χ3n) is 8.06. The van der Waals surface area contributed by atoms with Crippen LogP contribution in [0.2, 0.25) is 0 Å². The highest BCUT2D eigenvalue weighted by Crippen LogP contribution is 2.40. The summed E-state index contributed by atoms with van der Waals surface area (Å²) < 4.78 is 12.3. The molecule has 3 heteroatoms. The van der Waals surface area contributed by atoms with E-state index in [1.807, 2.05) is 69.3 Å². The van der Waals surface area contributed by atoms with Crippen LogP contribution in [0.1, 0.15) is 110 Å². The van der Waals surface area contributed by atoms with Gasteiger partial charge < -0.3 is 9.47 Å². The molecule has 0 radical (unpaired) electrons. The second-order valence-electron chi connectivity index (χ2n) is 14.5. The second-order valence-corrected chi connectivity index (χ2v) is 14.5. The van der Waals surface area contributed by atoms with Crippen LogP contribution in [0.25, 0.3) is 0 Å². The maximum atomic E-state index is 13.1. The molecule has 226 valence electrons. The van der Waals surface area contributed by atoms with Crippen molar-refractivity contribution in [3.63, 3.8) is 0 Å². The predicted molar refractivity (Wildman–Crippen MR) is 179 cm³/mol. The molecule has 0 N–H and O–H groups in total. The molecule has 4 rings (SSSR count). The Bertz CT molecular complexity index is 1580. The molecule has 0 atom stereocenters. The first kappa shape index (κ1) is 32.1. The molecule has 4 aromatic carbocycles. The molecule has 43 heavy (non-hydrogen) atoms. The van der Waals surface area contributed by atoms with Gasteiger partial charge in [-0.3, -0.25) is 4.79 Å². The van der Waals surface area contributed by atoms with E-state index in [0.29, 0.717) is 16.9 Å². The van der Waals surface area contributed by atoms with Gasteiger partial charge in [0.2, 0.25) is 0 Å². The molecule has 3 nitrogen and oxygen atoms in total. The average molecular weight is 577 g/mol. The van der Waals surface area contributed by atoms with E-state index in [1.54, 1.807) is 0 Å². The van der Waals surface area contributed by atoms with Crippen LogP contribution in [0.15, 0.2) is 72.8 Å². The molecular formula is C40H48O3. The minimum absolute atomic E-state index is 0.0335. The Labute approximate surface area is 259 Å². The highest BCUT2D eigenvalue weighted by Gasteiger charge is 2.28. The van der Waals surface area contributed by atoms with Crippen molar-refractivity contribution < 1.29 is 14.3 Å². The Kier molecular flexibility index (Phi) is 8.71. The molecule has 0 fully saturated rings. The topological polar surface area (TPSA) is 35.5 Å². The zero-order valence-corrected chi connectivity index (χ0v) is 28.2. The standard InChI is InChI=1S/C40H48O3/c1-25-21-31(22-26(2)35(25)38(5,6)7)40(11,12)32-23-27(3)37(28(4)24-32)42-33-17-13-29(14-18-33)36(41)30-15-19-34(20-16-30)43-39(8,9)10/h13-24H,1-12H3. The summed E-state index contributed by atoms with van der Waals surface area (Å²) in [4.78, 5) is 13.1. The van der Waals surface area contributed by atoms with Crippen LogP contribution < -0.4 is 9.47 Å². The minimum Gasteiger partial charge on any atom is -0.488 e. The van der Waals surface area contributed by atoms with Crippen LogP contribution in [-0.4, -0.2) is 11.4 Å². The largest absolute Gasteiger partial charge is 0.488 e. The average Bonchev–Trinajstić information content (AvgIpc) is 2.89. The van der Waals surface area contributed by atoms with Crippen molar-refractivity contribution in [1.82, 2.24) is 0 Å². The van der Waals surface area contributed by atoms with E-state index in [-0.39, 0.29) is 22.2 Å². The molecule has 0 heterocycles. The summed E-state index contributed by atoms with van der Waals surface area (Å²) in [5.41, 5.74) is 9.77. The lowest BCUT2D eigenvalue weighted by molar-refractivity contribution is 0.103. The molecule has 0 unspecified atom stereocenters. The van der Waals surface area contributed by atoms with Crippen LogP contribution in [0.4, 0.5) is 0 Å². The number of carbonyl (C=O) groups excluding carboxylic acids is 1. The van der Waals surface area contributed by atoms with Crippen LogP contribution in [0.5, 0.6) is 17.2 Å². The fourth-order valence-electron chi connectivity index (χ4n) is 6.13. The Hall–Kier alpha value is -3.85. The molecule has 0 amide bonds. The van der Waals surface area contributed by atoms with Gasteiger partial charge in [-0.1, -0.05) is 58.9 Å². The van der Waals surface area contributed by atoms with Gasteiger partial charge in [0, 0.05) is 16.5 Å². The number of aryl methyl sites for hydroxylation is 4. The quantitative estimate of drug-likeness (QED) is 0.205. The van der Waals surface area contributed by atoms with Gasteiger partial charge in [-0.25, -0.2) is 0 Å². The van der Waals surface area contributed by atoms with Gasteiger partial charge in [-0.05, 0) is 141 Å². The maximum Gasteiger partial charge on any atom is 0.193 e. The second kappa shape index (κ2) is 11.7. The smallest absolute Gasteiger partial charge is 0.193 e. The van der Waals surface area contributed by atoms with E-state index >= 15 is 0 Å². The summed E-state index contributed by atoms with van der Waals surface area (Å²) in [6.45, 7) is 26.1. The fourth-order valence-corrected chi connectivity index (χ4v) is 6.13. The lowest BCUT2D eigenvalue weighted by atomic mass is 9.73. The third kappa shape index (κ3) is 7.21. The van der Waals surface area contributed by atoms with Crippen molar-refractivity contribution in [2.45, 2.75) is 99.5 Å². The molecule has 0 aliphatic heterocycles.